The van der Waals surface area contributed by atoms with Crippen LogP contribution in [0, 0.1) is 0 Å². The van der Waals surface area contributed by atoms with Crippen LogP contribution in [0.5, 0.6) is 0 Å². The summed E-state index contributed by atoms with van der Waals surface area (Å²) in [6.45, 7) is 4.03. The molecule has 1 heterocycles. The molecule has 2 rings (SSSR count). The standard InChI is InChI=1S/C14H17BrN2O2S2/c1-10(2)17(9-11-4-3-5-12(16)8-11)21(18,19)14-13(15)6-7-20-14/h3-8,10H,9,16H2,1-2H3. The summed E-state index contributed by atoms with van der Waals surface area (Å²) in [5.74, 6) is 0. The fraction of sp³-hybridized carbons (Fsp3) is 0.286. The summed E-state index contributed by atoms with van der Waals surface area (Å²) in [5.41, 5.74) is 7.27. The smallest absolute Gasteiger partial charge is 0.254 e. The summed E-state index contributed by atoms with van der Waals surface area (Å²) < 4.78 is 28.1. The van der Waals surface area contributed by atoms with Crippen LogP contribution in [0.1, 0.15) is 19.4 Å². The normalized spacial score (nSPS) is 12.2. The number of nitrogen functional groups attached to an aromatic ring is 1. The van der Waals surface area contributed by atoms with E-state index in [1.54, 1.807) is 23.6 Å². The SMILES string of the molecule is CC(C)N(Cc1cccc(N)c1)S(=O)(=O)c1sccc1Br. The molecular weight excluding hydrogens is 372 g/mol. The molecule has 0 atom stereocenters. The first kappa shape index (κ1) is 16.5. The summed E-state index contributed by atoms with van der Waals surface area (Å²) >= 11 is 4.52. The van der Waals surface area contributed by atoms with Gasteiger partial charge in [0.1, 0.15) is 4.21 Å². The lowest BCUT2D eigenvalue weighted by Gasteiger charge is -2.25. The Hall–Kier alpha value is -0.890. The average molecular weight is 389 g/mol. The van der Waals surface area contributed by atoms with Crippen molar-refractivity contribution in [3.63, 3.8) is 0 Å². The Morgan fingerprint density at radius 3 is 2.57 bits per heavy atom. The quantitative estimate of drug-likeness (QED) is 0.794. The molecule has 2 N–H and O–H groups in total. The highest BCUT2D eigenvalue weighted by atomic mass is 79.9. The molecule has 21 heavy (non-hydrogen) atoms. The van der Waals surface area contributed by atoms with Crippen molar-refractivity contribution in [1.29, 1.82) is 0 Å². The zero-order valence-corrected chi connectivity index (χ0v) is 15.0. The Bertz CT molecular complexity index is 726. The lowest BCUT2D eigenvalue weighted by Crippen LogP contribution is -2.36. The van der Waals surface area contributed by atoms with Crippen LogP contribution in [0.4, 0.5) is 5.69 Å². The minimum Gasteiger partial charge on any atom is -0.399 e. The number of nitrogens with zero attached hydrogens (tertiary/aromatic N) is 1. The van der Waals surface area contributed by atoms with Gasteiger partial charge in [0, 0.05) is 22.7 Å². The van der Waals surface area contributed by atoms with Gasteiger partial charge in [0.2, 0.25) is 0 Å². The number of benzene rings is 1. The molecule has 1 aromatic carbocycles. The minimum atomic E-state index is -3.53. The maximum absolute atomic E-state index is 12.8. The molecule has 1 aromatic heterocycles. The van der Waals surface area contributed by atoms with Crippen molar-refractivity contribution >= 4 is 43.0 Å². The number of halogens is 1. The maximum Gasteiger partial charge on any atom is 0.254 e. The van der Waals surface area contributed by atoms with Gasteiger partial charge in [-0.1, -0.05) is 12.1 Å². The first-order valence-corrected chi connectivity index (χ1v) is 9.53. The van der Waals surface area contributed by atoms with Crippen LogP contribution in [0.3, 0.4) is 0 Å². The molecule has 2 aromatic rings. The number of rotatable bonds is 5. The van der Waals surface area contributed by atoms with Crippen LogP contribution in [-0.2, 0) is 16.6 Å². The van der Waals surface area contributed by atoms with Gasteiger partial charge in [-0.2, -0.15) is 4.31 Å². The van der Waals surface area contributed by atoms with E-state index in [4.69, 9.17) is 5.73 Å². The summed E-state index contributed by atoms with van der Waals surface area (Å²) in [6, 6.07) is 8.89. The third-order valence-electron chi connectivity index (χ3n) is 2.99. The van der Waals surface area contributed by atoms with Gasteiger partial charge in [0.15, 0.2) is 0 Å². The van der Waals surface area contributed by atoms with E-state index < -0.39 is 10.0 Å². The van der Waals surface area contributed by atoms with Crippen molar-refractivity contribution in [1.82, 2.24) is 4.31 Å². The van der Waals surface area contributed by atoms with E-state index in [1.807, 2.05) is 26.0 Å². The van der Waals surface area contributed by atoms with Gasteiger partial charge in [-0.25, -0.2) is 8.42 Å². The summed E-state index contributed by atoms with van der Waals surface area (Å²) in [4.78, 5) is 0. The second kappa shape index (κ2) is 6.48. The molecule has 114 valence electrons. The van der Waals surface area contributed by atoms with E-state index in [2.05, 4.69) is 15.9 Å². The molecule has 0 saturated carbocycles. The molecule has 0 aliphatic heterocycles. The van der Waals surface area contributed by atoms with Crippen LogP contribution in [0.2, 0.25) is 0 Å². The second-order valence-electron chi connectivity index (χ2n) is 4.95. The fourth-order valence-electron chi connectivity index (χ4n) is 1.99. The number of anilines is 1. The van der Waals surface area contributed by atoms with Crippen molar-refractivity contribution in [2.75, 3.05) is 5.73 Å². The Morgan fingerprint density at radius 2 is 2.05 bits per heavy atom. The van der Waals surface area contributed by atoms with E-state index in [9.17, 15) is 8.42 Å². The summed E-state index contributed by atoms with van der Waals surface area (Å²) in [7, 11) is -3.53. The second-order valence-corrected chi connectivity index (χ2v) is 8.80. The van der Waals surface area contributed by atoms with Gasteiger partial charge < -0.3 is 5.73 Å². The van der Waals surface area contributed by atoms with Crippen molar-refractivity contribution in [2.24, 2.45) is 0 Å². The van der Waals surface area contributed by atoms with Gasteiger partial charge in [0.25, 0.3) is 10.0 Å². The van der Waals surface area contributed by atoms with Crippen molar-refractivity contribution < 1.29 is 8.42 Å². The highest BCUT2D eigenvalue weighted by molar-refractivity contribution is 9.10. The lowest BCUT2D eigenvalue weighted by molar-refractivity contribution is 0.349. The topological polar surface area (TPSA) is 63.4 Å². The average Bonchev–Trinajstić information content (AvgIpc) is 2.82. The molecule has 0 aliphatic rings. The molecule has 0 saturated heterocycles. The summed E-state index contributed by atoms with van der Waals surface area (Å²) in [6.07, 6.45) is 0. The van der Waals surface area contributed by atoms with Crippen molar-refractivity contribution in [3.05, 3.63) is 45.7 Å². The Kier molecular flexibility index (Phi) is 5.08. The Morgan fingerprint density at radius 1 is 1.33 bits per heavy atom. The molecule has 0 spiro atoms. The largest absolute Gasteiger partial charge is 0.399 e. The van der Waals surface area contributed by atoms with Crippen LogP contribution >= 0.6 is 27.3 Å². The zero-order valence-electron chi connectivity index (χ0n) is 11.8. The predicted molar refractivity (Wildman–Crippen MR) is 90.7 cm³/mol. The number of hydrogen-bond donors (Lipinski definition) is 1. The van der Waals surface area contributed by atoms with Crippen molar-refractivity contribution in [3.8, 4) is 0 Å². The van der Waals surface area contributed by atoms with Gasteiger partial charge in [-0.3, -0.25) is 0 Å². The third kappa shape index (κ3) is 3.66. The Balaban J connectivity index is 2.38. The molecule has 0 radical (unpaired) electrons. The molecular formula is C14H17BrN2O2S2. The zero-order chi connectivity index (χ0) is 15.6. The molecule has 0 amide bonds. The molecule has 0 bridgehead atoms. The van der Waals surface area contributed by atoms with E-state index in [0.29, 0.717) is 20.9 Å². The van der Waals surface area contributed by atoms with Crippen LogP contribution in [-0.4, -0.2) is 18.8 Å². The molecule has 0 aliphatic carbocycles. The third-order valence-corrected chi connectivity index (χ3v) is 7.66. The first-order valence-electron chi connectivity index (χ1n) is 6.41. The fourth-order valence-corrected chi connectivity index (χ4v) is 6.04. The van der Waals surface area contributed by atoms with E-state index in [1.165, 1.54) is 15.6 Å². The minimum absolute atomic E-state index is 0.148. The summed E-state index contributed by atoms with van der Waals surface area (Å²) in [5, 5.41) is 1.76. The van der Waals surface area contributed by atoms with Gasteiger partial charge in [-0.15, -0.1) is 11.3 Å². The monoisotopic (exact) mass is 388 g/mol. The number of thiophene rings is 1. The highest BCUT2D eigenvalue weighted by Crippen LogP contribution is 2.32. The molecule has 4 nitrogen and oxygen atoms in total. The maximum atomic E-state index is 12.8. The number of sulfonamides is 1. The molecule has 0 unspecified atom stereocenters. The first-order chi connectivity index (χ1) is 9.82. The van der Waals surface area contributed by atoms with Crippen LogP contribution in [0.25, 0.3) is 0 Å². The predicted octanol–water partition coefficient (Wildman–Crippen LogP) is 3.69. The highest BCUT2D eigenvalue weighted by Gasteiger charge is 2.30. The van der Waals surface area contributed by atoms with Gasteiger partial charge >= 0.3 is 0 Å². The molecule has 7 heteroatoms. The van der Waals surface area contributed by atoms with Crippen molar-refractivity contribution in [2.45, 2.75) is 30.6 Å². The number of hydrogen-bond acceptors (Lipinski definition) is 4. The van der Waals surface area contributed by atoms with Crippen LogP contribution < -0.4 is 5.73 Å². The number of nitrogens with two attached hydrogens (primary N) is 1. The van der Waals surface area contributed by atoms with Crippen LogP contribution in [0.15, 0.2) is 44.4 Å². The molecule has 0 fully saturated rings. The van der Waals surface area contributed by atoms with E-state index in [-0.39, 0.29) is 6.04 Å². The van der Waals surface area contributed by atoms with E-state index in [0.717, 1.165) is 5.56 Å². The van der Waals surface area contributed by atoms with E-state index >= 15 is 0 Å². The van der Waals surface area contributed by atoms with Gasteiger partial charge in [-0.05, 0) is 58.9 Å². The van der Waals surface area contributed by atoms with Gasteiger partial charge in [0.05, 0.1) is 0 Å². The lowest BCUT2D eigenvalue weighted by atomic mass is 10.2. The Labute approximate surface area is 137 Å².